The molecule has 4 aromatic carbocycles. The number of alkyl halides is 6. The number of nitriles is 2. The molecule has 0 spiro atoms. The molecule has 17 nitrogen and oxygen atoms in total. The Morgan fingerprint density at radius 3 is 1.26 bits per heavy atom. The lowest BCUT2D eigenvalue weighted by Gasteiger charge is -2.42. The van der Waals surface area contributed by atoms with Crippen molar-refractivity contribution in [1.29, 1.82) is 10.5 Å². The number of likely N-dealkylation sites (N-methyl/N-ethyl adjacent to an activating group) is 1. The van der Waals surface area contributed by atoms with Crippen molar-refractivity contribution in [3.63, 3.8) is 0 Å². The normalized spacial score (nSPS) is 16.4. The number of amides is 6. The fourth-order valence-electron chi connectivity index (χ4n) is 8.30. The number of rotatable bonds is 16. The topological polar surface area (TPSA) is 231 Å². The number of hydrogen-bond acceptors (Lipinski definition) is 9. The van der Waals surface area contributed by atoms with Crippen molar-refractivity contribution in [1.82, 2.24) is 25.3 Å². The van der Waals surface area contributed by atoms with Crippen LogP contribution in [0.5, 0.6) is 0 Å². The van der Waals surface area contributed by atoms with Crippen LogP contribution >= 0.6 is 0 Å². The molecule has 4 N–H and O–H groups in total. The summed E-state index contributed by atoms with van der Waals surface area (Å²) >= 11 is 0. The van der Waals surface area contributed by atoms with E-state index in [1.165, 1.54) is 74.5 Å². The number of allylic oxidation sites excluding steroid dienone is 2. The number of anilines is 2. The number of hydrogen-bond donors (Lipinski definition) is 4. The molecule has 72 heavy (non-hydrogen) atoms. The highest BCUT2D eigenvalue weighted by Gasteiger charge is 2.46. The van der Waals surface area contributed by atoms with Crippen LogP contribution in [0, 0.1) is 22.7 Å². The van der Waals surface area contributed by atoms with Gasteiger partial charge in [0.05, 0.1) is 69.0 Å². The smallest absolute Gasteiger partial charge is 0.416 e. The van der Waals surface area contributed by atoms with Gasteiger partial charge in [-0.1, -0.05) is 36.4 Å². The number of benzene rings is 4. The predicted octanol–water partition coefficient (Wildman–Crippen LogP) is 7.02. The molecule has 0 fully saturated rings. The van der Waals surface area contributed by atoms with Gasteiger partial charge >= 0.3 is 36.4 Å². The molecule has 2 heterocycles. The number of carboxylic acids is 2. The second-order valence-electron chi connectivity index (χ2n) is 16.5. The quantitative estimate of drug-likeness (QED) is 0.0834. The third-order valence-electron chi connectivity index (χ3n) is 11.8. The van der Waals surface area contributed by atoms with Gasteiger partial charge in [-0.05, 0) is 92.7 Å². The first-order valence-electron chi connectivity index (χ1n) is 21.6. The Balaban J connectivity index is 1.14. The maximum absolute atomic E-state index is 14.3. The van der Waals surface area contributed by atoms with E-state index in [0.29, 0.717) is 12.1 Å². The highest BCUT2D eigenvalue weighted by atomic mass is 19.4. The number of nitrogens with zero attached hydrogens (tertiary/aromatic N) is 7. The van der Waals surface area contributed by atoms with Gasteiger partial charge in [0.15, 0.2) is 0 Å². The van der Waals surface area contributed by atoms with Crippen LogP contribution in [0.3, 0.4) is 0 Å². The molecule has 2 atom stereocenters. The van der Waals surface area contributed by atoms with Gasteiger partial charge < -0.3 is 35.5 Å². The molecular weight excluding hydrogens is 957 g/mol. The first-order valence-corrected chi connectivity index (χ1v) is 21.6. The summed E-state index contributed by atoms with van der Waals surface area (Å²) in [5.74, 6) is -4.64. The Labute approximate surface area is 407 Å². The first-order chi connectivity index (χ1) is 34.0. The van der Waals surface area contributed by atoms with Crippen molar-refractivity contribution in [3.8, 4) is 12.1 Å². The van der Waals surface area contributed by atoms with Crippen molar-refractivity contribution < 1.29 is 65.3 Å². The Bertz CT molecular complexity index is 2750. The fraction of sp³-hybridized carbons (Fsp3) is 0.265. The van der Waals surface area contributed by atoms with Crippen LogP contribution in [0.15, 0.2) is 120 Å². The SMILES string of the molecule is CC1=C(C(=O)O)[C@@H](c2ccc(C#N)cc2)N(CC(=O)NCCN(C)CCNC(=O)CN2C(=O)N(c3cccc(C(F)(F)F)c3)C(C)=C(C(=O)O)[C@H]2c2ccc(C#N)cc2)C(=O)N1c1cccc(C(F)(F)F)c1. The highest BCUT2D eigenvalue weighted by Crippen LogP contribution is 2.43. The lowest BCUT2D eigenvalue weighted by atomic mass is 9.92. The number of halogens is 6. The zero-order valence-electron chi connectivity index (χ0n) is 38.4. The molecule has 0 aromatic heterocycles. The molecule has 6 amide bonds. The third kappa shape index (κ3) is 11.5. The second-order valence-corrected chi connectivity index (χ2v) is 16.5. The number of aliphatic carboxylic acids is 2. The first kappa shape index (κ1) is 52.7. The van der Waals surface area contributed by atoms with Crippen LogP contribution < -0.4 is 20.4 Å². The summed E-state index contributed by atoms with van der Waals surface area (Å²) in [5, 5.41) is 44.9. The van der Waals surface area contributed by atoms with Crippen molar-refractivity contribution in [2.45, 2.75) is 38.3 Å². The van der Waals surface area contributed by atoms with Crippen LogP contribution in [-0.4, -0.2) is 107 Å². The standard InChI is InChI=1S/C49H43F6N9O8/c1-28-40(44(67)68)42(32-14-10-30(24-56)11-15-32)61(46(71)63(28)36-8-4-6-34(22-36)48(50,51)52)26-38(65)58-18-20-60(3)21-19-59-39(66)27-62-43(33-16-12-31(25-57)13-17-33)41(45(69)70)29(2)64(47(62)72)37-9-5-7-35(23-37)49(53,54)55/h4-17,22-23,42-43H,18-21,26-27H2,1-3H3,(H,58,65)(H,59,66)(H,67,68)(H,69,70)/t42-,43-/m1/s1. The van der Waals surface area contributed by atoms with Crippen LogP contribution in [0.4, 0.5) is 47.3 Å². The molecule has 4 aromatic rings. The van der Waals surface area contributed by atoms with Crippen LogP contribution in [0.25, 0.3) is 0 Å². The average Bonchev–Trinajstić information content (AvgIpc) is 3.32. The van der Waals surface area contributed by atoms with Gasteiger partial charge in [-0.3, -0.25) is 19.4 Å². The summed E-state index contributed by atoms with van der Waals surface area (Å²) in [4.78, 5) is 86.4. The Morgan fingerprint density at radius 1 is 0.611 bits per heavy atom. The summed E-state index contributed by atoms with van der Waals surface area (Å²) in [6.07, 6.45) is -9.63. The molecule has 2 aliphatic rings. The Kier molecular flexibility index (Phi) is 15.7. The number of urea groups is 2. The Morgan fingerprint density at radius 2 is 0.958 bits per heavy atom. The summed E-state index contributed by atoms with van der Waals surface area (Å²) in [6.45, 7) is 1.04. The van der Waals surface area contributed by atoms with Gasteiger partial charge in [0, 0.05) is 37.6 Å². The van der Waals surface area contributed by atoms with Crippen LogP contribution in [-0.2, 0) is 31.5 Å². The molecular formula is C49H43F6N9O8. The highest BCUT2D eigenvalue weighted by molar-refractivity contribution is 6.05. The molecule has 374 valence electrons. The minimum Gasteiger partial charge on any atom is -0.478 e. The molecule has 23 heteroatoms. The molecule has 6 rings (SSSR count). The van der Waals surface area contributed by atoms with Crippen molar-refractivity contribution in [3.05, 3.63) is 153 Å². The summed E-state index contributed by atoms with van der Waals surface area (Å²) in [5.41, 5.74) is -3.36. The van der Waals surface area contributed by atoms with E-state index < -0.39 is 95.6 Å². The lowest BCUT2D eigenvalue weighted by Crippen LogP contribution is -2.54. The van der Waals surface area contributed by atoms with E-state index in [1.54, 1.807) is 11.9 Å². The molecule has 0 unspecified atom stereocenters. The van der Waals surface area contributed by atoms with Crippen molar-refractivity contribution >= 4 is 47.2 Å². The maximum atomic E-state index is 14.3. The van der Waals surface area contributed by atoms with Crippen molar-refractivity contribution in [2.75, 3.05) is 56.1 Å². The maximum Gasteiger partial charge on any atom is 0.416 e. The zero-order chi connectivity index (χ0) is 52.8. The molecule has 2 aliphatic heterocycles. The largest absolute Gasteiger partial charge is 0.478 e. The van der Waals surface area contributed by atoms with E-state index in [4.69, 9.17) is 0 Å². The van der Waals surface area contributed by atoms with Crippen LogP contribution in [0.2, 0.25) is 0 Å². The van der Waals surface area contributed by atoms with E-state index in [9.17, 15) is 75.8 Å². The van der Waals surface area contributed by atoms with Gasteiger partial charge in [0.25, 0.3) is 0 Å². The summed E-state index contributed by atoms with van der Waals surface area (Å²) in [7, 11) is 1.61. The molecule has 0 radical (unpaired) electrons. The van der Waals surface area contributed by atoms with E-state index in [-0.39, 0.29) is 71.2 Å². The minimum absolute atomic E-state index is 0.0750. The number of carbonyl (C=O) groups excluding carboxylic acids is 4. The molecule has 0 saturated heterocycles. The minimum atomic E-state index is -4.81. The summed E-state index contributed by atoms with van der Waals surface area (Å²) < 4.78 is 82.5. The van der Waals surface area contributed by atoms with E-state index in [1.807, 2.05) is 12.1 Å². The monoisotopic (exact) mass is 999 g/mol. The molecule has 0 aliphatic carbocycles. The average molecular weight is 1000 g/mol. The number of carbonyl (C=O) groups is 6. The fourth-order valence-corrected chi connectivity index (χ4v) is 8.30. The van der Waals surface area contributed by atoms with Gasteiger partial charge in [0.2, 0.25) is 11.8 Å². The predicted molar refractivity (Wildman–Crippen MR) is 244 cm³/mol. The van der Waals surface area contributed by atoms with E-state index in [2.05, 4.69) is 10.6 Å². The van der Waals surface area contributed by atoms with E-state index >= 15 is 0 Å². The third-order valence-corrected chi connectivity index (χ3v) is 11.8. The lowest BCUT2D eigenvalue weighted by molar-refractivity contribution is -0.138. The van der Waals surface area contributed by atoms with Crippen LogP contribution in [0.1, 0.15) is 59.3 Å². The molecule has 0 bridgehead atoms. The van der Waals surface area contributed by atoms with Crippen molar-refractivity contribution in [2.24, 2.45) is 0 Å². The van der Waals surface area contributed by atoms with Gasteiger partial charge in [-0.15, -0.1) is 0 Å². The number of nitrogens with one attached hydrogen (secondary N) is 2. The molecule has 0 saturated carbocycles. The zero-order valence-corrected chi connectivity index (χ0v) is 38.4. The van der Waals surface area contributed by atoms with Gasteiger partial charge in [-0.25, -0.2) is 19.2 Å². The second kappa shape index (κ2) is 21.5. The Hall–Kier alpha value is -8.70. The van der Waals surface area contributed by atoms with Gasteiger partial charge in [-0.2, -0.15) is 36.9 Å². The van der Waals surface area contributed by atoms with Gasteiger partial charge in [0.1, 0.15) is 13.1 Å². The van der Waals surface area contributed by atoms with E-state index in [0.717, 1.165) is 43.9 Å². The summed E-state index contributed by atoms with van der Waals surface area (Å²) in [6, 6.07) is 17.4. The number of carboxylic acid groups (broad SMARTS) is 2.